The molecule has 1 saturated heterocycles. The van der Waals surface area contributed by atoms with Crippen LogP contribution in [0, 0.1) is 0 Å². The van der Waals surface area contributed by atoms with Crippen LogP contribution in [0.3, 0.4) is 0 Å². The van der Waals surface area contributed by atoms with Gasteiger partial charge in [-0.15, -0.1) is 0 Å². The molecule has 0 radical (unpaired) electrons. The minimum absolute atomic E-state index is 0.0964. The van der Waals surface area contributed by atoms with Crippen LogP contribution in [0.25, 0.3) is 0 Å². The Morgan fingerprint density at radius 1 is 1.64 bits per heavy atom. The van der Waals surface area contributed by atoms with E-state index < -0.39 is 11.4 Å². The first-order chi connectivity index (χ1) is 5.25. The summed E-state index contributed by atoms with van der Waals surface area (Å²) < 4.78 is 6.09. The van der Waals surface area contributed by atoms with Crippen LogP contribution in [-0.4, -0.2) is 27.5 Å². The Hall–Kier alpha value is -1.30. The zero-order chi connectivity index (χ0) is 7.84. The second kappa shape index (κ2) is 2.09. The van der Waals surface area contributed by atoms with E-state index in [1.54, 1.807) is 0 Å². The Morgan fingerprint density at radius 2 is 2.36 bits per heavy atom. The van der Waals surface area contributed by atoms with Gasteiger partial charge in [0.05, 0.1) is 13.2 Å². The monoisotopic (exact) mass is 157 g/mol. The smallest absolute Gasteiger partial charge is 0.344 e. The van der Waals surface area contributed by atoms with Gasteiger partial charge in [0.15, 0.2) is 0 Å². The van der Waals surface area contributed by atoms with Gasteiger partial charge in [-0.3, -0.25) is 4.98 Å². The average molecular weight is 157 g/mol. The van der Waals surface area contributed by atoms with Gasteiger partial charge >= 0.3 is 11.4 Å². The van der Waals surface area contributed by atoms with Crippen LogP contribution in [0.1, 0.15) is 0 Å². The number of H-pyrrole nitrogens is 2. The van der Waals surface area contributed by atoms with Crippen LogP contribution < -0.4 is 11.4 Å². The Labute approximate surface area is 60.8 Å². The maximum atomic E-state index is 10.8. The van der Waals surface area contributed by atoms with Crippen LogP contribution in [0.15, 0.2) is 9.59 Å². The Morgan fingerprint density at radius 3 is 2.82 bits per heavy atom. The topological polar surface area (TPSA) is 83.2 Å². The molecule has 1 aliphatic heterocycles. The van der Waals surface area contributed by atoms with Crippen LogP contribution in [-0.2, 0) is 11.3 Å². The number of nitrogens with zero attached hydrogens (tertiary/aromatic N) is 1. The van der Waals surface area contributed by atoms with E-state index in [9.17, 15) is 9.59 Å². The third kappa shape index (κ3) is 1.25. The Balaban J connectivity index is 2.28. The minimum Gasteiger partial charge on any atom is -0.371 e. The fourth-order valence-corrected chi connectivity index (χ4v) is 0.872. The van der Waals surface area contributed by atoms with E-state index in [1.165, 1.54) is 4.68 Å². The zero-order valence-corrected chi connectivity index (χ0v) is 5.66. The molecule has 6 heteroatoms. The molecule has 1 aromatic rings. The van der Waals surface area contributed by atoms with Gasteiger partial charge < -0.3 is 4.74 Å². The summed E-state index contributed by atoms with van der Waals surface area (Å²) in [6, 6.07) is 0. The van der Waals surface area contributed by atoms with Crippen molar-refractivity contribution in [2.45, 2.75) is 12.6 Å². The van der Waals surface area contributed by atoms with Gasteiger partial charge in [0.25, 0.3) is 0 Å². The molecule has 60 valence electrons. The van der Waals surface area contributed by atoms with Gasteiger partial charge in [-0.2, -0.15) is 0 Å². The van der Waals surface area contributed by atoms with Crippen molar-refractivity contribution in [3.8, 4) is 0 Å². The number of epoxide rings is 1. The highest BCUT2D eigenvalue weighted by atomic mass is 16.6. The van der Waals surface area contributed by atoms with Gasteiger partial charge in [0.2, 0.25) is 0 Å². The third-order valence-corrected chi connectivity index (χ3v) is 1.49. The summed E-state index contributed by atoms with van der Waals surface area (Å²) in [5.74, 6) is 0. The quantitative estimate of drug-likeness (QED) is 0.500. The van der Waals surface area contributed by atoms with E-state index in [-0.39, 0.29) is 6.10 Å². The highest BCUT2D eigenvalue weighted by Gasteiger charge is 2.23. The van der Waals surface area contributed by atoms with Gasteiger partial charge in [-0.05, 0) is 0 Å². The summed E-state index contributed by atoms with van der Waals surface area (Å²) in [6.07, 6.45) is 0.0964. The van der Waals surface area contributed by atoms with E-state index >= 15 is 0 Å². The van der Waals surface area contributed by atoms with Crippen molar-refractivity contribution in [3.05, 3.63) is 21.0 Å². The summed E-state index contributed by atoms with van der Waals surface area (Å²) in [6.45, 7) is 1.09. The van der Waals surface area contributed by atoms with Crippen LogP contribution in [0.2, 0.25) is 0 Å². The second-order valence-electron chi connectivity index (χ2n) is 2.44. The molecule has 2 heterocycles. The number of hydrogen-bond donors (Lipinski definition) is 2. The van der Waals surface area contributed by atoms with E-state index in [1.807, 2.05) is 0 Å². The van der Waals surface area contributed by atoms with Crippen LogP contribution in [0.4, 0.5) is 0 Å². The minimum atomic E-state index is -0.476. The Kier molecular flexibility index (Phi) is 1.22. The van der Waals surface area contributed by atoms with Gasteiger partial charge in [0, 0.05) is 0 Å². The number of aromatic nitrogens is 3. The molecule has 0 aliphatic carbocycles. The fraction of sp³-hybridized carbons (Fsp3) is 0.600. The number of aromatic amines is 2. The standard InChI is InChI=1S/C5H7N3O3/c9-4-6-5(10)8(7-4)1-3-2-11-3/h3H,1-2H2,(H2,6,7,9,10). The lowest BCUT2D eigenvalue weighted by molar-refractivity contribution is 0.370. The molecular weight excluding hydrogens is 150 g/mol. The predicted molar refractivity (Wildman–Crippen MR) is 35.4 cm³/mol. The number of ether oxygens (including phenoxy) is 1. The van der Waals surface area contributed by atoms with Crippen molar-refractivity contribution >= 4 is 0 Å². The molecule has 1 atom stereocenters. The summed E-state index contributed by atoms with van der Waals surface area (Å²) in [5.41, 5.74) is -0.888. The van der Waals surface area contributed by atoms with E-state index in [0.29, 0.717) is 13.2 Å². The number of nitrogens with one attached hydrogen (secondary N) is 2. The molecule has 2 N–H and O–H groups in total. The van der Waals surface area contributed by atoms with Crippen LogP contribution >= 0.6 is 0 Å². The zero-order valence-electron chi connectivity index (χ0n) is 5.66. The highest BCUT2D eigenvalue weighted by molar-refractivity contribution is 4.71. The Bertz CT molecular complexity index is 356. The maximum absolute atomic E-state index is 10.8. The SMILES string of the molecule is O=c1[nH]c(=O)n(CC2CO2)[nH]1. The lowest BCUT2D eigenvalue weighted by atomic mass is 10.5. The van der Waals surface area contributed by atoms with Crippen molar-refractivity contribution < 1.29 is 4.74 Å². The lowest BCUT2D eigenvalue weighted by Crippen LogP contribution is -2.20. The third-order valence-electron chi connectivity index (χ3n) is 1.49. The van der Waals surface area contributed by atoms with E-state index in [2.05, 4.69) is 10.1 Å². The van der Waals surface area contributed by atoms with Gasteiger partial charge in [-0.1, -0.05) is 0 Å². The normalized spacial score (nSPS) is 22.0. The molecule has 1 aliphatic rings. The molecular formula is C5H7N3O3. The predicted octanol–water partition coefficient (Wildman–Crippen LogP) is -1.74. The first-order valence-corrected chi connectivity index (χ1v) is 3.26. The lowest BCUT2D eigenvalue weighted by Gasteiger charge is -1.92. The molecule has 11 heavy (non-hydrogen) atoms. The van der Waals surface area contributed by atoms with E-state index in [0.717, 1.165) is 0 Å². The average Bonchev–Trinajstić information content (AvgIpc) is 2.64. The summed E-state index contributed by atoms with van der Waals surface area (Å²) in [5, 5.41) is 2.33. The van der Waals surface area contributed by atoms with Crippen molar-refractivity contribution in [2.75, 3.05) is 6.61 Å². The molecule has 0 bridgehead atoms. The molecule has 6 nitrogen and oxygen atoms in total. The molecule has 0 aromatic carbocycles. The molecule has 2 rings (SSSR count). The summed E-state index contributed by atoms with van der Waals surface area (Å²) in [7, 11) is 0. The molecule has 0 amide bonds. The fourth-order valence-electron chi connectivity index (χ4n) is 0.872. The van der Waals surface area contributed by atoms with Crippen LogP contribution in [0.5, 0.6) is 0 Å². The van der Waals surface area contributed by atoms with Gasteiger partial charge in [0.1, 0.15) is 6.10 Å². The molecule has 0 spiro atoms. The summed E-state index contributed by atoms with van der Waals surface area (Å²) >= 11 is 0. The molecule has 1 unspecified atom stereocenters. The molecule has 1 fully saturated rings. The number of rotatable bonds is 2. The first-order valence-electron chi connectivity index (χ1n) is 3.26. The largest absolute Gasteiger partial charge is 0.371 e. The van der Waals surface area contributed by atoms with Crippen molar-refractivity contribution in [1.29, 1.82) is 0 Å². The van der Waals surface area contributed by atoms with Crippen molar-refractivity contribution in [1.82, 2.24) is 14.8 Å². The van der Waals surface area contributed by atoms with Crippen molar-refractivity contribution in [3.63, 3.8) is 0 Å². The molecule has 0 saturated carbocycles. The first kappa shape index (κ1) is 6.41. The maximum Gasteiger partial charge on any atom is 0.344 e. The van der Waals surface area contributed by atoms with Crippen molar-refractivity contribution in [2.24, 2.45) is 0 Å². The summed E-state index contributed by atoms with van der Waals surface area (Å²) in [4.78, 5) is 23.4. The number of hydrogen-bond acceptors (Lipinski definition) is 3. The van der Waals surface area contributed by atoms with Gasteiger partial charge in [-0.25, -0.2) is 19.4 Å². The molecule has 1 aromatic heterocycles. The van der Waals surface area contributed by atoms with E-state index in [4.69, 9.17) is 4.74 Å². The highest BCUT2D eigenvalue weighted by Crippen LogP contribution is 2.08. The second-order valence-corrected chi connectivity index (χ2v) is 2.44.